The van der Waals surface area contributed by atoms with Crippen LogP contribution in [0.5, 0.6) is 0 Å². The molecule has 0 unspecified atom stereocenters. The molecular formula is C30H35FN4O2. The van der Waals surface area contributed by atoms with E-state index >= 15 is 0 Å². The predicted octanol–water partition coefficient (Wildman–Crippen LogP) is 4.63. The zero-order valence-electron chi connectivity index (χ0n) is 21.1. The Bertz CT molecular complexity index is 1200. The van der Waals surface area contributed by atoms with Gasteiger partial charge < -0.3 is 21.1 Å². The Labute approximate surface area is 217 Å². The lowest BCUT2D eigenvalue weighted by molar-refractivity contribution is -0.117. The van der Waals surface area contributed by atoms with Crippen molar-refractivity contribution >= 4 is 11.6 Å². The molecule has 1 saturated carbocycles. The van der Waals surface area contributed by atoms with Crippen molar-refractivity contribution in [2.75, 3.05) is 18.4 Å². The van der Waals surface area contributed by atoms with Crippen molar-refractivity contribution in [2.45, 2.75) is 62.7 Å². The largest absolute Gasteiger partial charge is 0.369 e. The van der Waals surface area contributed by atoms with E-state index < -0.39 is 11.9 Å². The van der Waals surface area contributed by atoms with E-state index in [4.69, 9.17) is 10.5 Å². The van der Waals surface area contributed by atoms with Crippen molar-refractivity contribution in [3.05, 3.63) is 83.9 Å². The van der Waals surface area contributed by atoms with Crippen LogP contribution in [0, 0.1) is 5.82 Å². The van der Waals surface area contributed by atoms with Crippen molar-refractivity contribution in [1.29, 1.82) is 0 Å². The lowest BCUT2D eigenvalue weighted by atomic mass is 9.97. The van der Waals surface area contributed by atoms with Crippen molar-refractivity contribution in [3.63, 3.8) is 0 Å². The van der Waals surface area contributed by atoms with Gasteiger partial charge in [0.15, 0.2) is 0 Å². The topological polar surface area (TPSA) is 89.3 Å². The van der Waals surface area contributed by atoms with Gasteiger partial charge in [0.05, 0.1) is 35.8 Å². The summed E-state index contributed by atoms with van der Waals surface area (Å²) in [4.78, 5) is 16.9. The van der Waals surface area contributed by atoms with Gasteiger partial charge in [-0.25, -0.2) is 4.39 Å². The minimum absolute atomic E-state index is 0.0177. The molecule has 1 aliphatic heterocycles. The van der Waals surface area contributed by atoms with Crippen LogP contribution in [-0.4, -0.2) is 41.7 Å². The van der Waals surface area contributed by atoms with E-state index in [-0.39, 0.29) is 17.6 Å². The number of anilines is 1. The number of carbonyl (C=O) groups is 1. The minimum atomic E-state index is -0.771. The van der Waals surface area contributed by atoms with E-state index in [1.54, 1.807) is 0 Å². The normalized spacial score (nSPS) is 19.6. The third kappa shape index (κ3) is 6.24. The third-order valence-electron chi connectivity index (χ3n) is 7.58. The second kappa shape index (κ2) is 11.5. The fourth-order valence-corrected chi connectivity index (χ4v) is 5.54. The van der Waals surface area contributed by atoms with Crippen LogP contribution in [0.15, 0.2) is 67.0 Å². The Morgan fingerprint density at radius 3 is 2.59 bits per heavy atom. The smallest absolute Gasteiger partial charge is 0.241 e. The molecule has 4 N–H and O–H groups in total. The molecule has 0 bridgehead atoms. The molecule has 7 heteroatoms. The number of rotatable bonds is 8. The van der Waals surface area contributed by atoms with Gasteiger partial charge in [0, 0.05) is 18.7 Å². The summed E-state index contributed by atoms with van der Waals surface area (Å²) >= 11 is 0. The van der Waals surface area contributed by atoms with Crippen molar-refractivity contribution in [2.24, 2.45) is 5.73 Å². The maximum atomic E-state index is 14.8. The van der Waals surface area contributed by atoms with Gasteiger partial charge in [-0.05, 0) is 48.8 Å². The number of hydrogen-bond donors (Lipinski definition) is 3. The Balaban J connectivity index is 1.19. The number of pyridine rings is 1. The number of ether oxygens (including phenoxy) is 1. The second-order valence-electron chi connectivity index (χ2n) is 10.3. The average molecular weight is 503 g/mol. The number of hydrogen-bond acceptors (Lipinski definition) is 5. The van der Waals surface area contributed by atoms with Crippen LogP contribution in [0.1, 0.15) is 43.2 Å². The van der Waals surface area contributed by atoms with E-state index in [0.717, 1.165) is 42.6 Å². The highest BCUT2D eigenvalue weighted by atomic mass is 19.1. The number of nitrogens with two attached hydrogens (primary N) is 1. The Kier molecular flexibility index (Phi) is 7.93. The first kappa shape index (κ1) is 25.5. The zero-order chi connectivity index (χ0) is 25.7. The van der Waals surface area contributed by atoms with Crippen molar-refractivity contribution < 1.29 is 13.9 Å². The molecule has 1 aliphatic carbocycles. The van der Waals surface area contributed by atoms with Crippen LogP contribution in [-0.2, 0) is 22.4 Å². The number of nitrogens with one attached hydrogen (secondary N) is 2. The van der Waals surface area contributed by atoms with Crippen LogP contribution in [0.3, 0.4) is 0 Å². The van der Waals surface area contributed by atoms with Gasteiger partial charge >= 0.3 is 0 Å². The summed E-state index contributed by atoms with van der Waals surface area (Å²) in [6.07, 6.45) is 8.74. The van der Waals surface area contributed by atoms with E-state index in [1.807, 2.05) is 42.5 Å². The first-order chi connectivity index (χ1) is 18.0. The molecule has 1 spiro atoms. The first-order valence-electron chi connectivity index (χ1n) is 13.2. The quantitative estimate of drug-likeness (QED) is 0.418. The van der Waals surface area contributed by atoms with E-state index in [2.05, 4.69) is 27.8 Å². The molecule has 2 heterocycles. The molecule has 2 aliphatic rings. The molecule has 3 aromatic rings. The molecule has 2 atom stereocenters. The summed E-state index contributed by atoms with van der Waals surface area (Å²) in [6, 6.07) is 17.4. The maximum absolute atomic E-state index is 14.8. The lowest BCUT2D eigenvalue weighted by Crippen LogP contribution is -2.52. The number of amides is 1. The molecule has 6 nitrogen and oxygen atoms in total. The van der Waals surface area contributed by atoms with Crippen molar-refractivity contribution in [1.82, 2.24) is 10.3 Å². The molecule has 1 aromatic heterocycles. The van der Waals surface area contributed by atoms with Crippen LogP contribution in [0.4, 0.5) is 10.1 Å². The van der Waals surface area contributed by atoms with Gasteiger partial charge in [0.2, 0.25) is 5.91 Å². The maximum Gasteiger partial charge on any atom is 0.241 e. The Morgan fingerprint density at radius 2 is 1.84 bits per heavy atom. The highest BCUT2D eigenvalue weighted by molar-refractivity contribution is 5.95. The fourth-order valence-electron chi connectivity index (χ4n) is 5.54. The van der Waals surface area contributed by atoms with Gasteiger partial charge in [-0.2, -0.15) is 0 Å². The number of carbonyl (C=O) groups excluding carboxylic acids is 1. The number of nitrogens with zero attached hydrogens (tertiary/aromatic N) is 1. The van der Waals surface area contributed by atoms with Crippen molar-refractivity contribution in [3.8, 4) is 11.1 Å². The summed E-state index contributed by atoms with van der Waals surface area (Å²) in [7, 11) is 0. The highest BCUT2D eigenvalue weighted by Crippen LogP contribution is 2.36. The first-order valence-corrected chi connectivity index (χ1v) is 13.2. The molecule has 2 aromatic carbocycles. The summed E-state index contributed by atoms with van der Waals surface area (Å²) in [5.74, 6) is -0.788. The average Bonchev–Trinajstić information content (AvgIpc) is 3.36. The molecule has 0 radical (unpaired) electrons. The number of benzene rings is 2. The molecule has 2 fully saturated rings. The van der Waals surface area contributed by atoms with Crippen LogP contribution >= 0.6 is 0 Å². The number of morpholine rings is 1. The van der Waals surface area contributed by atoms with Crippen LogP contribution in [0.25, 0.3) is 11.1 Å². The number of aromatic nitrogens is 1. The molecule has 37 heavy (non-hydrogen) atoms. The Hall–Kier alpha value is -3.13. The summed E-state index contributed by atoms with van der Waals surface area (Å²) in [5.41, 5.74) is 10.2. The van der Waals surface area contributed by atoms with Gasteiger partial charge in [-0.3, -0.25) is 9.78 Å². The second-order valence-corrected chi connectivity index (χ2v) is 10.3. The van der Waals surface area contributed by atoms with E-state index in [9.17, 15) is 9.18 Å². The van der Waals surface area contributed by atoms with E-state index in [0.29, 0.717) is 30.5 Å². The third-order valence-corrected chi connectivity index (χ3v) is 7.58. The number of halogens is 1. The summed E-state index contributed by atoms with van der Waals surface area (Å²) in [6.45, 7) is 1.64. The van der Waals surface area contributed by atoms with Crippen LogP contribution < -0.4 is 16.4 Å². The van der Waals surface area contributed by atoms with Gasteiger partial charge in [-0.15, -0.1) is 0 Å². The molecule has 194 valence electrons. The van der Waals surface area contributed by atoms with Crippen LogP contribution in [0.2, 0.25) is 0 Å². The molecular weight excluding hydrogens is 467 g/mol. The lowest BCUT2D eigenvalue weighted by Gasteiger charge is -2.39. The SMILES string of the molecule is N[C@@H](Cc1ccc(-c2ccccc2)cc1)C(=O)Nc1cncc(F)c1CC[C@@H]1CNCC2(CCCC2)O1. The Morgan fingerprint density at radius 1 is 1.11 bits per heavy atom. The molecule has 1 saturated heterocycles. The molecule has 1 amide bonds. The zero-order valence-corrected chi connectivity index (χ0v) is 21.1. The summed E-state index contributed by atoms with van der Waals surface area (Å²) in [5, 5.41) is 6.32. The monoisotopic (exact) mass is 502 g/mol. The summed E-state index contributed by atoms with van der Waals surface area (Å²) < 4.78 is 21.2. The molecule has 5 rings (SSSR count). The van der Waals surface area contributed by atoms with E-state index in [1.165, 1.54) is 25.2 Å². The highest BCUT2D eigenvalue weighted by Gasteiger charge is 2.39. The standard InChI is InChI=1S/C30H35FN4O2/c31-26-18-33-19-28(25(26)13-12-24-17-34-20-30(37-24)14-4-5-15-30)35-29(36)27(32)16-21-8-10-23(11-9-21)22-6-2-1-3-7-22/h1-3,6-11,18-19,24,27,34H,4-5,12-17,20,32H2,(H,35,36)/t24-,27+/m1/s1. The predicted molar refractivity (Wildman–Crippen MR) is 144 cm³/mol. The fraction of sp³-hybridized carbons (Fsp3) is 0.400. The van der Waals surface area contributed by atoms with Gasteiger partial charge in [0.25, 0.3) is 0 Å². The minimum Gasteiger partial charge on any atom is -0.369 e. The van der Waals surface area contributed by atoms with Gasteiger partial charge in [-0.1, -0.05) is 67.4 Å². The van der Waals surface area contributed by atoms with Gasteiger partial charge in [0.1, 0.15) is 5.82 Å².